The number of carbonyl (C=O) groups excluding carboxylic acids is 1. The lowest BCUT2D eigenvalue weighted by Crippen LogP contribution is -2.21. The summed E-state index contributed by atoms with van der Waals surface area (Å²) in [4.78, 5) is 23.2. The molecule has 0 unspecified atom stereocenters. The van der Waals surface area contributed by atoms with Gasteiger partial charge in [0, 0.05) is 11.4 Å². The molecule has 1 amide bonds. The Balaban J connectivity index is 2.24. The summed E-state index contributed by atoms with van der Waals surface area (Å²) in [5, 5.41) is 13.4. The smallest absolute Gasteiger partial charge is 0.303 e. The van der Waals surface area contributed by atoms with Gasteiger partial charge in [0.15, 0.2) is 0 Å². The van der Waals surface area contributed by atoms with E-state index in [-0.39, 0.29) is 18.4 Å². The highest BCUT2D eigenvalue weighted by atomic mass is 35.5. The first-order valence-electron chi connectivity index (χ1n) is 7.49. The molecule has 2 aromatic rings. The maximum atomic E-state index is 12.4. The van der Waals surface area contributed by atoms with E-state index < -0.39 is 11.9 Å². The number of carboxylic acid groups (broad SMARTS) is 1. The van der Waals surface area contributed by atoms with Crippen molar-refractivity contribution in [3.8, 4) is 5.75 Å². The topological polar surface area (TPSA) is 88.0 Å². The van der Waals surface area contributed by atoms with Crippen molar-refractivity contribution in [2.75, 3.05) is 7.11 Å². The fraction of sp³-hybridized carbons (Fsp3) is 0.167. The van der Waals surface area contributed by atoms with Crippen molar-refractivity contribution >= 4 is 29.2 Å². The third-order valence-electron chi connectivity index (χ3n) is 3.38. The largest absolute Gasteiger partial charge is 0.496 e. The van der Waals surface area contributed by atoms with E-state index in [1.165, 1.54) is 13.2 Å². The lowest BCUT2D eigenvalue weighted by atomic mass is 10.1. The predicted octanol–water partition coefficient (Wildman–Crippen LogP) is 3.35. The number of nitrogens with one attached hydrogen (secondary N) is 1. The Morgan fingerprint density at radius 3 is 2.52 bits per heavy atom. The van der Waals surface area contributed by atoms with Crippen LogP contribution in [0.3, 0.4) is 0 Å². The molecule has 0 aliphatic rings. The number of nitrogens with zero attached hydrogens (tertiary/aromatic N) is 1. The number of halogens is 1. The van der Waals surface area contributed by atoms with Gasteiger partial charge in [0.05, 0.1) is 24.8 Å². The van der Waals surface area contributed by atoms with Crippen molar-refractivity contribution in [1.29, 1.82) is 0 Å². The molecule has 6 nitrogen and oxygen atoms in total. The SMILES string of the molecule is COc1ccc(Cl)cc1C(=O)N/N=C(\CCC(=O)O)c1ccccc1. The zero-order valence-corrected chi connectivity index (χ0v) is 14.3. The summed E-state index contributed by atoms with van der Waals surface area (Å²) in [7, 11) is 1.45. The molecule has 0 bridgehead atoms. The van der Waals surface area contributed by atoms with E-state index in [0.29, 0.717) is 16.5 Å². The molecular formula is C18H17ClN2O4. The zero-order chi connectivity index (χ0) is 18.2. The van der Waals surface area contributed by atoms with Crippen molar-refractivity contribution < 1.29 is 19.4 Å². The van der Waals surface area contributed by atoms with Crippen LogP contribution in [0.5, 0.6) is 5.75 Å². The summed E-state index contributed by atoms with van der Waals surface area (Å²) in [5.41, 5.74) is 3.89. The highest BCUT2D eigenvalue weighted by molar-refractivity contribution is 6.31. The van der Waals surface area contributed by atoms with Crippen LogP contribution in [-0.2, 0) is 4.79 Å². The molecule has 2 rings (SSSR count). The third kappa shape index (κ3) is 5.32. The van der Waals surface area contributed by atoms with Crippen molar-refractivity contribution in [2.45, 2.75) is 12.8 Å². The average molecular weight is 361 g/mol. The molecule has 0 heterocycles. The van der Waals surface area contributed by atoms with Crippen LogP contribution in [0.15, 0.2) is 53.6 Å². The second-order valence-corrected chi connectivity index (χ2v) is 5.54. The standard InChI is InChI=1S/C18H17ClN2O4/c1-25-16-9-7-13(19)11-14(16)18(24)21-20-15(8-10-17(22)23)12-5-3-2-4-6-12/h2-7,9,11H,8,10H2,1H3,(H,21,24)(H,22,23)/b20-15+. The molecule has 2 aromatic carbocycles. The zero-order valence-electron chi connectivity index (χ0n) is 13.5. The number of rotatable bonds is 7. The quantitative estimate of drug-likeness (QED) is 0.585. The van der Waals surface area contributed by atoms with E-state index in [0.717, 1.165) is 5.56 Å². The predicted molar refractivity (Wildman–Crippen MR) is 95.3 cm³/mol. The average Bonchev–Trinajstić information content (AvgIpc) is 2.62. The Labute approximate surface area is 150 Å². The van der Waals surface area contributed by atoms with E-state index in [1.807, 2.05) is 18.2 Å². The lowest BCUT2D eigenvalue weighted by Gasteiger charge is -2.09. The lowest BCUT2D eigenvalue weighted by molar-refractivity contribution is -0.136. The van der Waals surface area contributed by atoms with Crippen LogP contribution in [0.4, 0.5) is 0 Å². The number of aliphatic carboxylic acids is 1. The van der Waals surface area contributed by atoms with Crippen LogP contribution in [0.25, 0.3) is 0 Å². The summed E-state index contributed by atoms with van der Waals surface area (Å²) in [6.07, 6.45) is 0.0936. The minimum atomic E-state index is -0.938. The van der Waals surface area contributed by atoms with Crippen LogP contribution < -0.4 is 10.2 Å². The molecule has 7 heteroatoms. The van der Waals surface area contributed by atoms with Crippen molar-refractivity contribution in [1.82, 2.24) is 5.43 Å². The summed E-state index contributed by atoms with van der Waals surface area (Å²) in [6.45, 7) is 0. The normalized spacial score (nSPS) is 11.0. The molecule has 0 fully saturated rings. The number of hydrogen-bond acceptors (Lipinski definition) is 4. The first-order chi connectivity index (χ1) is 12.0. The molecule has 0 aromatic heterocycles. The van der Waals surface area contributed by atoms with Gasteiger partial charge in [-0.1, -0.05) is 41.9 Å². The highest BCUT2D eigenvalue weighted by Gasteiger charge is 2.13. The van der Waals surface area contributed by atoms with Crippen LogP contribution >= 0.6 is 11.6 Å². The minimum Gasteiger partial charge on any atom is -0.496 e. The highest BCUT2D eigenvalue weighted by Crippen LogP contribution is 2.22. The van der Waals surface area contributed by atoms with Gasteiger partial charge in [-0.15, -0.1) is 0 Å². The summed E-state index contributed by atoms with van der Waals surface area (Å²) < 4.78 is 5.15. The number of hydrogen-bond donors (Lipinski definition) is 2. The van der Waals surface area contributed by atoms with Gasteiger partial charge in [-0.2, -0.15) is 5.10 Å². The number of carbonyl (C=O) groups is 2. The summed E-state index contributed by atoms with van der Waals surface area (Å²) in [6, 6.07) is 13.7. The van der Waals surface area contributed by atoms with Gasteiger partial charge in [0.1, 0.15) is 5.75 Å². The Hall–Kier alpha value is -2.86. The van der Waals surface area contributed by atoms with Gasteiger partial charge >= 0.3 is 5.97 Å². The fourth-order valence-electron chi connectivity index (χ4n) is 2.16. The Morgan fingerprint density at radius 2 is 1.88 bits per heavy atom. The molecule has 2 N–H and O–H groups in total. The number of benzene rings is 2. The minimum absolute atomic E-state index is 0.0932. The molecule has 0 saturated heterocycles. The summed E-state index contributed by atoms with van der Waals surface area (Å²) in [5.74, 6) is -1.07. The molecule has 25 heavy (non-hydrogen) atoms. The molecular weight excluding hydrogens is 344 g/mol. The van der Waals surface area contributed by atoms with E-state index >= 15 is 0 Å². The molecule has 0 radical (unpaired) electrons. The molecule has 0 saturated carbocycles. The molecule has 0 aliphatic heterocycles. The van der Waals surface area contributed by atoms with Crippen molar-refractivity contribution in [3.05, 3.63) is 64.7 Å². The number of carboxylic acids is 1. The van der Waals surface area contributed by atoms with Gasteiger partial charge < -0.3 is 9.84 Å². The Morgan fingerprint density at radius 1 is 1.16 bits per heavy atom. The van der Waals surface area contributed by atoms with Crippen molar-refractivity contribution in [2.24, 2.45) is 5.10 Å². The number of ether oxygens (including phenoxy) is 1. The van der Waals surface area contributed by atoms with E-state index in [4.69, 9.17) is 21.4 Å². The fourth-order valence-corrected chi connectivity index (χ4v) is 2.33. The second kappa shape index (κ2) is 8.84. The van der Waals surface area contributed by atoms with E-state index in [9.17, 15) is 9.59 Å². The van der Waals surface area contributed by atoms with Gasteiger partial charge in [0.2, 0.25) is 0 Å². The maximum Gasteiger partial charge on any atom is 0.303 e. The number of hydrazone groups is 1. The van der Waals surface area contributed by atoms with Gasteiger partial charge in [-0.3, -0.25) is 9.59 Å². The monoisotopic (exact) mass is 360 g/mol. The molecule has 130 valence electrons. The van der Waals surface area contributed by atoms with E-state index in [1.54, 1.807) is 24.3 Å². The molecule has 0 atom stereocenters. The van der Waals surface area contributed by atoms with Crippen LogP contribution in [0.2, 0.25) is 5.02 Å². The molecule has 0 aliphatic carbocycles. The van der Waals surface area contributed by atoms with Gasteiger partial charge in [0.25, 0.3) is 5.91 Å². The number of methoxy groups -OCH3 is 1. The van der Waals surface area contributed by atoms with Gasteiger partial charge in [-0.25, -0.2) is 5.43 Å². The van der Waals surface area contributed by atoms with E-state index in [2.05, 4.69) is 10.5 Å². The van der Waals surface area contributed by atoms with Gasteiger partial charge in [-0.05, 0) is 23.8 Å². The first kappa shape index (κ1) is 18.5. The Kier molecular flexibility index (Phi) is 6.54. The Bertz CT molecular complexity index is 791. The van der Waals surface area contributed by atoms with Crippen LogP contribution in [0.1, 0.15) is 28.8 Å². The van der Waals surface area contributed by atoms with Crippen LogP contribution in [0, 0.1) is 0 Å². The van der Waals surface area contributed by atoms with Crippen LogP contribution in [-0.4, -0.2) is 29.8 Å². The first-order valence-corrected chi connectivity index (χ1v) is 7.86. The maximum absolute atomic E-state index is 12.4. The number of amides is 1. The molecule has 0 spiro atoms. The van der Waals surface area contributed by atoms with Crippen molar-refractivity contribution in [3.63, 3.8) is 0 Å². The third-order valence-corrected chi connectivity index (χ3v) is 3.62. The second-order valence-electron chi connectivity index (χ2n) is 5.10. The summed E-state index contributed by atoms with van der Waals surface area (Å²) >= 11 is 5.92.